The zero-order chi connectivity index (χ0) is 20.1. The summed E-state index contributed by atoms with van der Waals surface area (Å²) in [6.45, 7) is 10.4. The van der Waals surface area contributed by atoms with Crippen LogP contribution in [0.2, 0.25) is 0 Å². The lowest BCUT2D eigenvalue weighted by atomic mass is 9.87. The molecule has 0 saturated carbocycles. The van der Waals surface area contributed by atoms with Crippen LogP contribution in [-0.4, -0.2) is 66.8 Å². The number of hydrogen-bond donors (Lipinski definition) is 1. The fourth-order valence-electron chi connectivity index (χ4n) is 4.94. The van der Waals surface area contributed by atoms with Gasteiger partial charge in [0.25, 0.3) is 0 Å². The van der Waals surface area contributed by atoms with Crippen molar-refractivity contribution in [1.82, 2.24) is 9.80 Å². The van der Waals surface area contributed by atoms with E-state index in [0.717, 1.165) is 45.6 Å². The lowest BCUT2D eigenvalue weighted by Crippen LogP contribution is -2.50. The number of rotatable bonds is 7. The predicted molar refractivity (Wildman–Crippen MR) is 121 cm³/mol. The van der Waals surface area contributed by atoms with Crippen molar-refractivity contribution in [3.63, 3.8) is 0 Å². The highest BCUT2D eigenvalue weighted by Gasteiger charge is 2.25. The molecule has 1 unspecified atom stereocenters. The molecule has 1 aliphatic carbocycles. The standard InChI is InChI=1S/C25H35N3O/c1-2-12-27(24-10-8-22-20-25(29)11-9-21(22)19-24)16-13-26-14-17-28(18-15-26)23-6-4-3-5-7-23/h3-7,9,11,20,24,29H,2,8,10,12-19H2,1H3. The van der Waals surface area contributed by atoms with Crippen LogP contribution in [0.25, 0.3) is 0 Å². The highest BCUT2D eigenvalue weighted by molar-refractivity contribution is 5.46. The largest absolute Gasteiger partial charge is 0.508 e. The number of para-hydroxylation sites is 1. The molecule has 0 spiro atoms. The normalized spacial score (nSPS) is 20.1. The maximum absolute atomic E-state index is 9.75. The van der Waals surface area contributed by atoms with Gasteiger partial charge in [-0.15, -0.1) is 0 Å². The molecule has 2 aromatic rings. The minimum atomic E-state index is 0.405. The van der Waals surface area contributed by atoms with Crippen molar-refractivity contribution in [3.05, 3.63) is 59.7 Å². The third kappa shape index (κ3) is 5.12. The molecule has 0 bridgehead atoms. The second-order valence-corrected chi connectivity index (χ2v) is 8.55. The van der Waals surface area contributed by atoms with E-state index in [1.165, 1.54) is 42.7 Å². The third-order valence-corrected chi connectivity index (χ3v) is 6.62. The van der Waals surface area contributed by atoms with Crippen LogP contribution in [0.3, 0.4) is 0 Å². The average molecular weight is 394 g/mol. The summed E-state index contributed by atoms with van der Waals surface area (Å²) in [5, 5.41) is 9.75. The number of aryl methyl sites for hydroxylation is 1. The Kier molecular flexibility index (Phi) is 6.73. The maximum Gasteiger partial charge on any atom is 0.115 e. The lowest BCUT2D eigenvalue weighted by Gasteiger charge is -2.39. The number of nitrogens with zero attached hydrogens (tertiary/aromatic N) is 3. The molecule has 0 amide bonds. The molecule has 1 N–H and O–H groups in total. The molecule has 0 radical (unpaired) electrons. The first-order valence-electron chi connectivity index (χ1n) is 11.3. The SMILES string of the molecule is CCCN(CCN1CCN(c2ccccc2)CC1)C1CCc2cc(O)ccc2C1. The zero-order valence-corrected chi connectivity index (χ0v) is 17.8. The summed E-state index contributed by atoms with van der Waals surface area (Å²) in [4.78, 5) is 7.87. The van der Waals surface area contributed by atoms with Crippen molar-refractivity contribution in [2.75, 3.05) is 50.7 Å². The van der Waals surface area contributed by atoms with Crippen molar-refractivity contribution in [2.45, 2.75) is 38.6 Å². The Labute approximate surface area is 175 Å². The number of fused-ring (bicyclic) bond motifs is 1. The molecule has 4 rings (SSSR count). The van der Waals surface area contributed by atoms with Gasteiger partial charge in [0.2, 0.25) is 0 Å². The first kappa shape index (κ1) is 20.2. The molecule has 4 heteroatoms. The maximum atomic E-state index is 9.75. The zero-order valence-electron chi connectivity index (χ0n) is 17.8. The van der Waals surface area contributed by atoms with Crippen LogP contribution in [0.5, 0.6) is 5.75 Å². The van der Waals surface area contributed by atoms with Crippen molar-refractivity contribution < 1.29 is 5.11 Å². The minimum Gasteiger partial charge on any atom is -0.508 e. The smallest absolute Gasteiger partial charge is 0.115 e. The van der Waals surface area contributed by atoms with Crippen LogP contribution < -0.4 is 4.90 Å². The van der Waals surface area contributed by atoms with Gasteiger partial charge >= 0.3 is 0 Å². The summed E-state index contributed by atoms with van der Waals surface area (Å²) in [7, 11) is 0. The molecular weight excluding hydrogens is 358 g/mol. The van der Waals surface area contributed by atoms with Crippen LogP contribution in [0.1, 0.15) is 30.9 Å². The van der Waals surface area contributed by atoms with Gasteiger partial charge in [-0.1, -0.05) is 31.2 Å². The van der Waals surface area contributed by atoms with Crippen molar-refractivity contribution in [1.29, 1.82) is 0 Å². The number of hydrogen-bond acceptors (Lipinski definition) is 4. The van der Waals surface area contributed by atoms with E-state index in [1.54, 1.807) is 0 Å². The molecule has 0 aromatic heterocycles. The third-order valence-electron chi connectivity index (χ3n) is 6.62. The summed E-state index contributed by atoms with van der Waals surface area (Å²) >= 11 is 0. The number of anilines is 1. The topological polar surface area (TPSA) is 30.0 Å². The number of benzene rings is 2. The van der Waals surface area contributed by atoms with Gasteiger partial charge in [0.05, 0.1) is 0 Å². The van der Waals surface area contributed by atoms with E-state index in [0.29, 0.717) is 11.8 Å². The Morgan fingerprint density at radius 3 is 2.52 bits per heavy atom. The van der Waals surface area contributed by atoms with Crippen LogP contribution in [0.15, 0.2) is 48.5 Å². The van der Waals surface area contributed by atoms with Gasteiger partial charge in [-0.2, -0.15) is 0 Å². The average Bonchev–Trinajstić information content (AvgIpc) is 2.77. The summed E-state index contributed by atoms with van der Waals surface area (Å²) in [6, 6.07) is 17.4. The van der Waals surface area contributed by atoms with Gasteiger partial charge < -0.3 is 10.0 Å². The predicted octanol–water partition coefficient (Wildman–Crippen LogP) is 3.78. The Bertz CT molecular complexity index is 771. The van der Waals surface area contributed by atoms with Crippen molar-refractivity contribution in [2.24, 2.45) is 0 Å². The lowest BCUT2D eigenvalue weighted by molar-refractivity contribution is 0.145. The highest BCUT2D eigenvalue weighted by Crippen LogP contribution is 2.27. The van der Waals surface area contributed by atoms with E-state index in [-0.39, 0.29) is 0 Å². The number of piperazine rings is 1. The van der Waals surface area contributed by atoms with Crippen LogP contribution >= 0.6 is 0 Å². The summed E-state index contributed by atoms with van der Waals surface area (Å²) in [5.41, 5.74) is 4.12. The quantitative estimate of drug-likeness (QED) is 0.775. The molecule has 156 valence electrons. The van der Waals surface area contributed by atoms with Gasteiger partial charge in [0, 0.05) is 51.0 Å². The van der Waals surface area contributed by atoms with Gasteiger partial charge in [-0.3, -0.25) is 9.80 Å². The van der Waals surface area contributed by atoms with E-state index in [2.05, 4.69) is 58.0 Å². The Morgan fingerprint density at radius 1 is 0.966 bits per heavy atom. The number of phenolic OH excluding ortho intramolecular Hbond substituents is 1. The fourth-order valence-corrected chi connectivity index (χ4v) is 4.94. The molecule has 1 heterocycles. The van der Waals surface area contributed by atoms with E-state index < -0.39 is 0 Å². The van der Waals surface area contributed by atoms with Crippen molar-refractivity contribution >= 4 is 5.69 Å². The molecule has 29 heavy (non-hydrogen) atoms. The molecule has 1 aliphatic heterocycles. The molecule has 4 nitrogen and oxygen atoms in total. The first-order valence-corrected chi connectivity index (χ1v) is 11.3. The molecule has 1 fully saturated rings. The van der Waals surface area contributed by atoms with E-state index >= 15 is 0 Å². The Morgan fingerprint density at radius 2 is 1.76 bits per heavy atom. The van der Waals surface area contributed by atoms with Gasteiger partial charge in [-0.05, 0) is 67.6 Å². The summed E-state index contributed by atoms with van der Waals surface area (Å²) < 4.78 is 0. The number of aromatic hydroxyl groups is 1. The molecule has 2 aliphatic rings. The van der Waals surface area contributed by atoms with Crippen LogP contribution in [0, 0.1) is 0 Å². The van der Waals surface area contributed by atoms with Crippen LogP contribution in [-0.2, 0) is 12.8 Å². The van der Waals surface area contributed by atoms with Crippen LogP contribution in [0.4, 0.5) is 5.69 Å². The van der Waals surface area contributed by atoms with E-state index in [1.807, 2.05) is 12.1 Å². The van der Waals surface area contributed by atoms with Gasteiger partial charge in [-0.25, -0.2) is 0 Å². The second-order valence-electron chi connectivity index (χ2n) is 8.55. The summed E-state index contributed by atoms with van der Waals surface area (Å²) in [6.07, 6.45) is 4.63. The van der Waals surface area contributed by atoms with E-state index in [4.69, 9.17) is 0 Å². The van der Waals surface area contributed by atoms with Gasteiger partial charge in [0.15, 0.2) is 0 Å². The van der Waals surface area contributed by atoms with Gasteiger partial charge in [0.1, 0.15) is 5.75 Å². The Hall–Kier alpha value is -2.04. The fraction of sp³-hybridized carbons (Fsp3) is 0.520. The van der Waals surface area contributed by atoms with E-state index in [9.17, 15) is 5.11 Å². The summed E-state index contributed by atoms with van der Waals surface area (Å²) in [5.74, 6) is 0.405. The highest BCUT2D eigenvalue weighted by atomic mass is 16.3. The number of phenols is 1. The minimum absolute atomic E-state index is 0.405. The molecular formula is C25H35N3O. The Balaban J connectivity index is 1.29. The molecule has 1 atom stereocenters. The molecule has 2 aromatic carbocycles. The van der Waals surface area contributed by atoms with Crippen molar-refractivity contribution in [3.8, 4) is 5.75 Å². The first-order chi connectivity index (χ1) is 14.2. The molecule has 1 saturated heterocycles. The second kappa shape index (κ2) is 9.64. The monoisotopic (exact) mass is 393 g/mol.